The molecule has 13 nitrogen and oxygen atoms in total. The number of nitro benzene ring substituents is 1. The Balaban J connectivity index is 1.58. The molecule has 0 aromatic heterocycles. The molecule has 0 bridgehead atoms. The number of nitro groups is 1. The molecule has 0 aliphatic heterocycles. The van der Waals surface area contributed by atoms with Gasteiger partial charge in [-0.1, -0.05) is 12.8 Å². The van der Waals surface area contributed by atoms with Gasteiger partial charge in [-0.25, -0.2) is 13.6 Å². The number of hydrogen-bond acceptors (Lipinski definition) is 8. The van der Waals surface area contributed by atoms with Crippen LogP contribution in [0.3, 0.4) is 0 Å². The summed E-state index contributed by atoms with van der Waals surface area (Å²) in [6.07, 6.45) is 2.89. The number of nitrogens with zero attached hydrogens (tertiary/aromatic N) is 1. The highest BCUT2D eigenvalue weighted by molar-refractivity contribution is 7.89. The number of nitrogens with two attached hydrogens (primary N) is 2. The summed E-state index contributed by atoms with van der Waals surface area (Å²) in [5, 5.41) is 24.1. The normalized spacial score (nSPS) is 17.6. The van der Waals surface area contributed by atoms with E-state index in [4.69, 9.17) is 10.9 Å². The SMILES string of the molecule is Nc1ccc([N+](=O)[O-])cc1C(=O)NCC(=O)N[C@@H]1CCCC[C@@H]1NC(=O)c1ccc(S(N)(=O)=O)cc1. The van der Waals surface area contributed by atoms with Crippen LogP contribution in [0.25, 0.3) is 0 Å². The van der Waals surface area contributed by atoms with Crippen LogP contribution in [-0.2, 0) is 14.8 Å². The van der Waals surface area contributed by atoms with Gasteiger partial charge in [-0.2, -0.15) is 0 Å². The Morgan fingerprint density at radius 2 is 1.58 bits per heavy atom. The van der Waals surface area contributed by atoms with Gasteiger partial charge in [0, 0.05) is 35.5 Å². The zero-order chi connectivity index (χ0) is 26.5. The largest absolute Gasteiger partial charge is 0.398 e. The van der Waals surface area contributed by atoms with Crippen molar-refractivity contribution in [1.82, 2.24) is 16.0 Å². The molecule has 0 heterocycles. The predicted molar refractivity (Wildman–Crippen MR) is 129 cm³/mol. The zero-order valence-electron chi connectivity index (χ0n) is 19.1. The molecule has 1 saturated carbocycles. The summed E-state index contributed by atoms with van der Waals surface area (Å²) in [7, 11) is -3.88. The second kappa shape index (κ2) is 11.1. The van der Waals surface area contributed by atoms with Gasteiger partial charge in [0.2, 0.25) is 15.9 Å². The summed E-state index contributed by atoms with van der Waals surface area (Å²) in [6.45, 7) is -0.396. The summed E-state index contributed by atoms with van der Waals surface area (Å²) in [5.41, 5.74) is 5.57. The second-order valence-electron chi connectivity index (χ2n) is 8.32. The lowest BCUT2D eigenvalue weighted by molar-refractivity contribution is -0.384. The minimum absolute atomic E-state index is 0.0330. The first-order valence-corrected chi connectivity index (χ1v) is 12.6. The van der Waals surface area contributed by atoms with Crippen LogP contribution >= 0.6 is 0 Å². The standard InChI is InChI=1S/C22H26N6O7S/c23-17-10-7-14(28(32)33)11-16(17)22(31)25-12-20(29)26-18-3-1-2-4-19(18)27-21(30)13-5-8-15(9-6-13)36(24,34)35/h5-11,18-19H,1-4,12,23H2,(H,25,31)(H,26,29)(H,27,30)(H2,24,34,35)/t18-,19+/m1/s1. The molecule has 0 radical (unpaired) electrons. The number of benzene rings is 2. The third-order valence-electron chi connectivity index (χ3n) is 5.78. The Morgan fingerprint density at radius 3 is 2.17 bits per heavy atom. The van der Waals surface area contributed by atoms with E-state index in [2.05, 4.69) is 16.0 Å². The van der Waals surface area contributed by atoms with Gasteiger partial charge in [-0.15, -0.1) is 0 Å². The summed E-state index contributed by atoms with van der Waals surface area (Å²) in [4.78, 5) is 47.7. The number of nitrogen functional groups attached to an aromatic ring is 1. The number of rotatable bonds is 8. The third-order valence-corrected chi connectivity index (χ3v) is 6.70. The summed E-state index contributed by atoms with van der Waals surface area (Å²) in [6, 6.07) is 7.85. The molecule has 7 N–H and O–H groups in total. The number of non-ortho nitro benzene ring substituents is 1. The second-order valence-corrected chi connectivity index (χ2v) is 9.88. The van der Waals surface area contributed by atoms with Crippen molar-refractivity contribution in [3.63, 3.8) is 0 Å². The van der Waals surface area contributed by atoms with Crippen LogP contribution in [0.2, 0.25) is 0 Å². The fourth-order valence-corrected chi connectivity index (χ4v) is 4.41. The molecule has 1 fully saturated rings. The van der Waals surface area contributed by atoms with Gasteiger partial charge in [0.05, 0.1) is 21.9 Å². The van der Waals surface area contributed by atoms with Crippen LogP contribution in [-0.4, -0.2) is 49.7 Å². The fourth-order valence-electron chi connectivity index (χ4n) is 3.89. The average Bonchev–Trinajstić information content (AvgIpc) is 2.83. The van der Waals surface area contributed by atoms with E-state index in [1.54, 1.807) is 0 Å². The molecule has 2 aromatic carbocycles. The maximum atomic E-state index is 12.7. The molecule has 14 heteroatoms. The number of primary sulfonamides is 1. The topological polar surface area (TPSA) is 217 Å². The molecule has 0 unspecified atom stereocenters. The van der Waals surface area contributed by atoms with Crippen LogP contribution in [0.5, 0.6) is 0 Å². The molecule has 2 atom stereocenters. The summed E-state index contributed by atoms with van der Waals surface area (Å²) < 4.78 is 22.8. The Labute approximate surface area is 206 Å². The highest BCUT2D eigenvalue weighted by Gasteiger charge is 2.28. The molecule has 36 heavy (non-hydrogen) atoms. The maximum Gasteiger partial charge on any atom is 0.270 e. The fraction of sp³-hybridized carbons (Fsp3) is 0.318. The van der Waals surface area contributed by atoms with Crippen LogP contribution in [0.4, 0.5) is 11.4 Å². The monoisotopic (exact) mass is 518 g/mol. The Kier molecular flexibility index (Phi) is 8.22. The van der Waals surface area contributed by atoms with Crippen LogP contribution in [0.1, 0.15) is 46.4 Å². The molecular formula is C22H26N6O7S. The lowest BCUT2D eigenvalue weighted by Crippen LogP contribution is -2.54. The lowest BCUT2D eigenvalue weighted by Gasteiger charge is -2.33. The quantitative estimate of drug-likeness (QED) is 0.187. The highest BCUT2D eigenvalue weighted by atomic mass is 32.2. The van der Waals surface area contributed by atoms with Crippen molar-refractivity contribution in [3.05, 3.63) is 63.7 Å². The smallest absolute Gasteiger partial charge is 0.270 e. The van der Waals surface area contributed by atoms with Crippen LogP contribution in [0.15, 0.2) is 47.4 Å². The number of sulfonamides is 1. The van der Waals surface area contributed by atoms with E-state index < -0.39 is 45.3 Å². The summed E-state index contributed by atoms with van der Waals surface area (Å²) >= 11 is 0. The number of anilines is 1. The van der Waals surface area contributed by atoms with E-state index in [1.807, 2.05) is 0 Å². The van der Waals surface area contributed by atoms with Crippen molar-refractivity contribution in [1.29, 1.82) is 0 Å². The van der Waals surface area contributed by atoms with Crippen molar-refractivity contribution in [2.24, 2.45) is 5.14 Å². The predicted octanol–water partition coefficient (Wildman–Crippen LogP) is 0.412. The number of hydrogen-bond donors (Lipinski definition) is 5. The van der Waals surface area contributed by atoms with Gasteiger partial charge in [-0.3, -0.25) is 24.5 Å². The van der Waals surface area contributed by atoms with Gasteiger partial charge in [0.1, 0.15) is 0 Å². The maximum absolute atomic E-state index is 12.7. The molecule has 3 amide bonds. The molecule has 0 spiro atoms. The van der Waals surface area contributed by atoms with E-state index in [0.29, 0.717) is 12.8 Å². The van der Waals surface area contributed by atoms with Crippen LogP contribution < -0.4 is 26.8 Å². The molecule has 192 valence electrons. The van der Waals surface area contributed by atoms with Crippen molar-refractivity contribution in [2.75, 3.05) is 12.3 Å². The van der Waals surface area contributed by atoms with E-state index >= 15 is 0 Å². The Morgan fingerprint density at radius 1 is 0.972 bits per heavy atom. The van der Waals surface area contributed by atoms with Crippen molar-refractivity contribution in [2.45, 2.75) is 42.7 Å². The molecular weight excluding hydrogens is 492 g/mol. The summed E-state index contributed by atoms with van der Waals surface area (Å²) in [5.74, 6) is -1.67. The van der Waals surface area contributed by atoms with Gasteiger partial charge < -0.3 is 21.7 Å². The Bertz CT molecular complexity index is 1280. The number of carbonyl (C=O) groups excluding carboxylic acids is 3. The first kappa shape index (κ1) is 26.6. The van der Waals surface area contributed by atoms with Gasteiger partial charge in [0.25, 0.3) is 17.5 Å². The number of amides is 3. The molecule has 3 rings (SSSR count). The van der Waals surface area contributed by atoms with E-state index in [0.717, 1.165) is 18.9 Å². The van der Waals surface area contributed by atoms with E-state index in [1.165, 1.54) is 36.4 Å². The molecule has 2 aromatic rings. The first-order chi connectivity index (χ1) is 17.0. The van der Waals surface area contributed by atoms with E-state index in [-0.39, 0.29) is 33.4 Å². The highest BCUT2D eigenvalue weighted by Crippen LogP contribution is 2.21. The van der Waals surface area contributed by atoms with Gasteiger partial charge in [0.15, 0.2) is 0 Å². The zero-order valence-corrected chi connectivity index (χ0v) is 19.9. The average molecular weight is 519 g/mol. The van der Waals surface area contributed by atoms with Gasteiger partial charge >= 0.3 is 0 Å². The Hall–Kier alpha value is -4.04. The molecule has 0 saturated heterocycles. The minimum Gasteiger partial charge on any atom is -0.398 e. The van der Waals surface area contributed by atoms with Crippen LogP contribution in [0, 0.1) is 10.1 Å². The van der Waals surface area contributed by atoms with Crippen molar-refractivity contribution >= 4 is 39.1 Å². The van der Waals surface area contributed by atoms with Crippen molar-refractivity contribution in [3.8, 4) is 0 Å². The number of nitrogens with one attached hydrogen (secondary N) is 3. The van der Waals surface area contributed by atoms with Gasteiger partial charge in [-0.05, 0) is 43.2 Å². The third kappa shape index (κ3) is 6.76. The lowest BCUT2D eigenvalue weighted by atomic mass is 9.90. The van der Waals surface area contributed by atoms with E-state index in [9.17, 15) is 32.9 Å². The number of carbonyl (C=O) groups is 3. The van der Waals surface area contributed by atoms with Crippen molar-refractivity contribution < 1.29 is 27.7 Å². The minimum atomic E-state index is -3.88. The first-order valence-electron chi connectivity index (χ1n) is 11.0. The molecule has 1 aliphatic carbocycles. The molecule has 1 aliphatic rings.